The quantitative estimate of drug-likeness (QED) is 0.450. The van der Waals surface area contributed by atoms with Crippen LogP contribution >= 0.6 is 11.6 Å². The Balaban J connectivity index is 1.88. The maximum Gasteiger partial charge on any atom is 0.329 e. The summed E-state index contributed by atoms with van der Waals surface area (Å²) >= 11 is 6.42. The van der Waals surface area contributed by atoms with Crippen molar-refractivity contribution < 1.29 is 23.5 Å². The molecule has 0 aliphatic carbocycles. The van der Waals surface area contributed by atoms with E-state index in [1.807, 2.05) is 20.8 Å². The predicted molar refractivity (Wildman–Crippen MR) is 116 cm³/mol. The molecule has 3 rings (SSSR count). The number of urea groups is 1. The first-order valence-corrected chi connectivity index (χ1v) is 10.4. The van der Waals surface area contributed by atoms with Crippen LogP contribution in [0.15, 0.2) is 42.1 Å². The van der Waals surface area contributed by atoms with E-state index in [4.69, 9.17) is 21.1 Å². The van der Waals surface area contributed by atoms with Gasteiger partial charge in [0.05, 0.1) is 24.3 Å². The molecule has 1 atom stereocenters. The first-order chi connectivity index (χ1) is 14.8. The van der Waals surface area contributed by atoms with Gasteiger partial charge in [0.1, 0.15) is 11.5 Å². The minimum atomic E-state index is -0.618. The second kappa shape index (κ2) is 9.83. The Hall–Kier alpha value is -3.06. The Kier molecular flexibility index (Phi) is 7.17. The number of halogens is 2. The largest absolute Gasteiger partial charge is 0.490 e. The fraction of sp³-hybridized carbons (Fsp3) is 0.304. The predicted octanol–water partition coefficient (Wildman–Crippen LogP) is 5.15. The van der Waals surface area contributed by atoms with Crippen LogP contribution in [0.1, 0.15) is 38.3 Å². The van der Waals surface area contributed by atoms with Gasteiger partial charge in [0.15, 0.2) is 11.5 Å². The molecule has 1 aliphatic heterocycles. The van der Waals surface area contributed by atoms with E-state index in [0.29, 0.717) is 28.7 Å². The molecule has 0 aromatic heterocycles. The number of hydrogen-bond acceptors (Lipinski definition) is 4. The second-order valence-corrected chi connectivity index (χ2v) is 7.48. The highest BCUT2D eigenvalue weighted by Crippen LogP contribution is 2.38. The highest BCUT2D eigenvalue weighted by molar-refractivity contribution is 6.32. The highest BCUT2D eigenvalue weighted by atomic mass is 35.5. The molecule has 2 aromatic rings. The minimum absolute atomic E-state index is 0.0523. The van der Waals surface area contributed by atoms with E-state index >= 15 is 0 Å². The van der Waals surface area contributed by atoms with Crippen molar-refractivity contribution >= 4 is 29.6 Å². The van der Waals surface area contributed by atoms with Crippen LogP contribution in [-0.4, -0.2) is 29.5 Å². The number of imide groups is 1. The Bertz CT molecular complexity index is 1020. The highest BCUT2D eigenvalue weighted by Gasteiger charge is 2.34. The lowest BCUT2D eigenvalue weighted by Crippen LogP contribution is -2.30. The summed E-state index contributed by atoms with van der Waals surface area (Å²) < 4.78 is 25.5. The Labute approximate surface area is 185 Å². The summed E-state index contributed by atoms with van der Waals surface area (Å²) in [5.74, 6) is -0.155. The van der Waals surface area contributed by atoms with Crippen molar-refractivity contribution in [1.82, 2.24) is 10.2 Å². The SMILES string of the molecule is CCOc1cc(/C=C2/NC(=O)N(Cc3ccccc3F)C2=O)cc(Cl)c1O[C@H](C)CC. The number of hydrogen-bond donors (Lipinski definition) is 1. The smallest absolute Gasteiger partial charge is 0.329 e. The van der Waals surface area contributed by atoms with Gasteiger partial charge in [-0.1, -0.05) is 36.7 Å². The maximum absolute atomic E-state index is 13.9. The molecular weight excluding hydrogens is 423 g/mol. The number of rotatable bonds is 8. The summed E-state index contributed by atoms with van der Waals surface area (Å²) in [6.07, 6.45) is 2.25. The molecule has 0 radical (unpaired) electrons. The van der Waals surface area contributed by atoms with Gasteiger partial charge in [0, 0.05) is 5.56 Å². The molecule has 1 aliphatic rings. The summed E-state index contributed by atoms with van der Waals surface area (Å²) in [6, 6.07) is 8.71. The standard InChI is InChI=1S/C23H24ClFN2O4/c1-4-14(3)31-21-17(24)10-15(12-20(21)30-5-2)11-19-22(28)27(23(29)26-19)13-16-8-6-7-9-18(16)25/h6-12,14H,4-5,13H2,1-3H3,(H,26,29)/b19-11+/t14-/m1/s1. The molecule has 0 unspecified atom stereocenters. The zero-order valence-electron chi connectivity index (χ0n) is 17.6. The van der Waals surface area contributed by atoms with E-state index < -0.39 is 17.8 Å². The Morgan fingerprint density at radius 2 is 1.97 bits per heavy atom. The number of nitrogens with zero attached hydrogens (tertiary/aromatic N) is 1. The molecule has 8 heteroatoms. The van der Waals surface area contributed by atoms with E-state index in [1.165, 1.54) is 18.2 Å². The Morgan fingerprint density at radius 1 is 1.23 bits per heavy atom. The van der Waals surface area contributed by atoms with Gasteiger partial charge in [-0.25, -0.2) is 9.18 Å². The van der Waals surface area contributed by atoms with Crippen LogP contribution in [0.4, 0.5) is 9.18 Å². The van der Waals surface area contributed by atoms with Gasteiger partial charge < -0.3 is 14.8 Å². The summed E-state index contributed by atoms with van der Waals surface area (Å²) in [5, 5.41) is 2.86. The van der Waals surface area contributed by atoms with Crippen molar-refractivity contribution in [3.05, 3.63) is 64.1 Å². The van der Waals surface area contributed by atoms with E-state index in [9.17, 15) is 14.0 Å². The molecule has 1 heterocycles. The molecule has 1 N–H and O–H groups in total. The van der Waals surface area contributed by atoms with Gasteiger partial charge in [0.25, 0.3) is 5.91 Å². The third-order valence-electron chi connectivity index (χ3n) is 4.79. The molecule has 0 spiro atoms. The minimum Gasteiger partial charge on any atom is -0.490 e. The van der Waals surface area contributed by atoms with E-state index in [-0.39, 0.29) is 23.9 Å². The van der Waals surface area contributed by atoms with Crippen molar-refractivity contribution in [2.75, 3.05) is 6.61 Å². The molecule has 3 amide bonds. The van der Waals surface area contributed by atoms with Crippen LogP contribution < -0.4 is 14.8 Å². The van der Waals surface area contributed by atoms with Crippen LogP contribution in [-0.2, 0) is 11.3 Å². The van der Waals surface area contributed by atoms with Crippen molar-refractivity contribution in [2.24, 2.45) is 0 Å². The van der Waals surface area contributed by atoms with Gasteiger partial charge in [-0.3, -0.25) is 9.69 Å². The third-order valence-corrected chi connectivity index (χ3v) is 5.07. The van der Waals surface area contributed by atoms with Gasteiger partial charge in [-0.15, -0.1) is 0 Å². The lowest BCUT2D eigenvalue weighted by atomic mass is 10.1. The average molecular weight is 447 g/mol. The van der Waals surface area contributed by atoms with Crippen LogP contribution in [0.3, 0.4) is 0 Å². The van der Waals surface area contributed by atoms with Crippen LogP contribution in [0, 0.1) is 5.82 Å². The van der Waals surface area contributed by atoms with Gasteiger partial charge in [0.2, 0.25) is 0 Å². The number of benzene rings is 2. The summed E-state index contributed by atoms with van der Waals surface area (Å²) in [6.45, 7) is 6.01. The molecule has 1 saturated heterocycles. The monoisotopic (exact) mass is 446 g/mol. The number of carbonyl (C=O) groups is 2. The molecular formula is C23H24ClFN2O4. The fourth-order valence-electron chi connectivity index (χ4n) is 3.01. The molecule has 2 aromatic carbocycles. The summed E-state index contributed by atoms with van der Waals surface area (Å²) in [4.78, 5) is 26.0. The van der Waals surface area contributed by atoms with Crippen LogP contribution in [0.2, 0.25) is 5.02 Å². The fourth-order valence-corrected chi connectivity index (χ4v) is 3.28. The topological polar surface area (TPSA) is 67.9 Å². The number of nitrogens with one attached hydrogen (secondary N) is 1. The van der Waals surface area contributed by atoms with E-state index in [0.717, 1.165) is 11.3 Å². The van der Waals surface area contributed by atoms with E-state index in [1.54, 1.807) is 24.3 Å². The van der Waals surface area contributed by atoms with E-state index in [2.05, 4.69) is 5.32 Å². The number of carbonyl (C=O) groups excluding carboxylic acids is 2. The molecule has 164 valence electrons. The zero-order chi connectivity index (χ0) is 22.5. The average Bonchev–Trinajstić information content (AvgIpc) is 2.99. The zero-order valence-corrected chi connectivity index (χ0v) is 18.3. The first kappa shape index (κ1) is 22.6. The van der Waals surface area contributed by atoms with Gasteiger partial charge in [-0.05, 0) is 50.1 Å². The lowest BCUT2D eigenvalue weighted by molar-refractivity contribution is -0.123. The number of ether oxygens (including phenoxy) is 2. The van der Waals surface area contributed by atoms with Crippen molar-refractivity contribution in [3.63, 3.8) is 0 Å². The summed E-state index contributed by atoms with van der Waals surface area (Å²) in [7, 11) is 0. The molecule has 0 bridgehead atoms. The van der Waals surface area contributed by atoms with Gasteiger partial charge in [-0.2, -0.15) is 0 Å². The molecule has 31 heavy (non-hydrogen) atoms. The molecule has 1 fully saturated rings. The van der Waals surface area contributed by atoms with Crippen LogP contribution in [0.25, 0.3) is 6.08 Å². The van der Waals surface area contributed by atoms with Crippen molar-refractivity contribution in [3.8, 4) is 11.5 Å². The lowest BCUT2D eigenvalue weighted by Gasteiger charge is -2.18. The third kappa shape index (κ3) is 5.17. The Morgan fingerprint density at radius 3 is 2.65 bits per heavy atom. The van der Waals surface area contributed by atoms with Crippen LogP contribution in [0.5, 0.6) is 11.5 Å². The first-order valence-electron chi connectivity index (χ1n) is 10.0. The normalized spacial score (nSPS) is 15.9. The maximum atomic E-state index is 13.9. The number of amides is 3. The van der Waals surface area contributed by atoms with Gasteiger partial charge >= 0.3 is 6.03 Å². The molecule has 6 nitrogen and oxygen atoms in total. The summed E-state index contributed by atoms with van der Waals surface area (Å²) in [5.41, 5.74) is 0.872. The van der Waals surface area contributed by atoms with Crippen molar-refractivity contribution in [1.29, 1.82) is 0 Å². The van der Waals surface area contributed by atoms with Crippen molar-refractivity contribution in [2.45, 2.75) is 39.8 Å². The second-order valence-electron chi connectivity index (χ2n) is 7.07. The molecule has 0 saturated carbocycles.